The number of nitrogens with one attached hydrogen (secondary N) is 2. The second kappa shape index (κ2) is 8.62. The topological polar surface area (TPSA) is 44.4 Å². The number of carbonyl (C=O) groups excluding carboxylic acids is 1. The van der Waals surface area contributed by atoms with Crippen LogP contribution in [0.3, 0.4) is 0 Å². The SMILES string of the molecule is Cl.O=C(CN1CCC(NCC2CC2)CC1)Nc1ccc(F)cc1. The first-order chi connectivity index (χ1) is 10.7. The van der Waals surface area contributed by atoms with Crippen molar-refractivity contribution < 1.29 is 9.18 Å². The summed E-state index contributed by atoms with van der Waals surface area (Å²) in [6.45, 7) is 3.49. The minimum absolute atomic E-state index is 0. The van der Waals surface area contributed by atoms with Crippen LogP contribution >= 0.6 is 12.4 Å². The molecule has 0 unspecified atom stereocenters. The quantitative estimate of drug-likeness (QED) is 0.836. The van der Waals surface area contributed by atoms with Crippen molar-refractivity contribution in [3.63, 3.8) is 0 Å². The zero-order valence-corrected chi connectivity index (χ0v) is 14.1. The third-order valence-electron chi connectivity index (χ3n) is 4.47. The van der Waals surface area contributed by atoms with E-state index >= 15 is 0 Å². The van der Waals surface area contributed by atoms with Crippen molar-refractivity contribution in [1.29, 1.82) is 0 Å². The predicted octanol–water partition coefficient (Wildman–Crippen LogP) is 2.65. The lowest BCUT2D eigenvalue weighted by molar-refractivity contribution is -0.117. The van der Waals surface area contributed by atoms with E-state index in [0.717, 1.165) is 38.4 Å². The molecule has 2 aliphatic rings. The summed E-state index contributed by atoms with van der Waals surface area (Å²) in [6, 6.07) is 6.49. The molecule has 0 atom stereocenters. The summed E-state index contributed by atoms with van der Waals surface area (Å²) >= 11 is 0. The molecular formula is C17H25ClFN3O. The molecule has 128 valence electrons. The van der Waals surface area contributed by atoms with E-state index in [-0.39, 0.29) is 24.1 Å². The number of hydrogen-bond donors (Lipinski definition) is 2. The van der Waals surface area contributed by atoms with Gasteiger partial charge in [0.1, 0.15) is 5.82 Å². The van der Waals surface area contributed by atoms with Gasteiger partial charge in [-0.2, -0.15) is 0 Å². The fourth-order valence-corrected chi connectivity index (χ4v) is 2.89. The number of carbonyl (C=O) groups is 1. The molecule has 0 radical (unpaired) electrons. The van der Waals surface area contributed by atoms with Crippen LogP contribution in [0.4, 0.5) is 10.1 Å². The highest BCUT2D eigenvalue weighted by molar-refractivity contribution is 5.92. The molecule has 23 heavy (non-hydrogen) atoms. The molecule has 1 aliphatic carbocycles. The van der Waals surface area contributed by atoms with Gasteiger partial charge in [-0.15, -0.1) is 12.4 Å². The van der Waals surface area contributed by atoms with Gasteiger partial charge in [0.05, 0.1) is 6.54 Å². The Labute approximate surface area is 143 Å². The van der Waals surface area contributed by atoms with E-state index in [4.69, 9.17) is 0 Å². The average molecular weight is 342 g/mol. The first-order valence-corrected chi connectivity index (χ1v) is 8.20. The Morgan fingerprint density at radius 2 is 1.78 bits per heavy atom. The van der Waals surface area contributed by atoms with Gasteiger partial charge >= 0.3 is 0 Å². The molecule has 3 rings (SSSR count). The molecule has 1 amide bonds. The fraction of sp³-hybridized carbons (Fsp3) is 0.588. The second-order valence-electron chi connectivity index (χ2n) is 6.46. The summed E-state index contributed by atoms with van der Waals surface area (Å²) in [5.41, 5.74) is 0.646. The maximum absolute atomic E-state index is 12.8. The van der Waals surface area contributed by atoms with Gasteiger partial charge in [-0.05, 0) is 62.4 Å². The molecule has 0 spiro atoms. The Balaban J connectivity index is 0.00000192. The summed E-state index contributed by atoms with van der Waals surface area (Å²) in [7, 11) is 0. The predicted molar refractivity (Wildman–Crippen MR) is 92.5 cm³/mol. The van der Waals surface area contributed by atoms with Crippen molar-refractivity contribution >= 4 is 24.0 Å². The van der Waals surface area contributed by atoms with Crippen LogP contribution in [-0.2, 0) is 4.79 Å². The summed E-state index contributed by atoms with van der Waals surface area (Å²) < 4.78 is 12.8. The standard InChI is InChI=1S/C17H24FN3O.ClH/c18-14-3-5-16(6-4-14)20-17(22)12-21-9-7-15(8-10-21)19-11-13-1-2-13;/h3-6,13,15,19H,1-2,7-12H2,(H,20,22);1H. The Bertz CT molecular complexity index is 499. The lowest BCUT2D eigenvalue weighted by Gasteiger charge is -2.32. The van der Waals surface area contributed by atoms with Crippen molar-refractivity contribution in [2.75, 3.05) is 31.5 Å². The summed E-state index contributed by atoms with van der Waals surface area (Å²) in [4.78, 5) is 14.2. The highest BCUT2D eigenvalue weighted by atomic mass is 35.5. The van der Waals surface area contributed by atoms with E-state index in [9.17, 15) is 9.18 Å². The van der Waals surface area contributed by atoms with Gasteiger partial charge in [-0.25, -0.2) is 4.39 Å². The molecule has 6 heteroatoms. The van der Waals surface area contributed by atoms with E-state index in [1.165, 1.54) is 25.0 Å². The first kappa shape index (κ1) is 18.2. The number of benzene rings is 1. The third kappa shape index (κ3) is 6.09. The van der Waals surface area contributed by atoms with E-state index in [1.54, 1.807) is 12.1 Å². The molecule has 1 aliphatic heterocycles. The summed E-state index contributed by atoms with van der Waals surface area (Å²) in [5.74, 6) is 0.592. The number of piperidine rings is 1. The number of anilines is 1. The monoisotopic (exact) mass is 341 g/mol. The van der Waals surface area contributed by atoms with Crippen LogP contribution in [0.15, 0.2) is 24.3 Å². The van der Waals surface area contributed by atoms with Gasteiger partial charge < -0.3 is 10.6 Å². The molecule has 1 heterocycles. The smallest absolute Gasteiger partial charge is 0.238 e. The molecule has 1 aromatic rings. The van der Waals surface area contributed by atoms with Crippen molar-refractivity contribution in [1.82, 2.24) is 10.2 Å². The zero-order valence-electron chi connectivity index (χ0n) is 13.3. The van der Waals surface area contributed by atoms with Gasteiger partial charge in [-0.1, -0.05) is 0 Å². The van der Waals surface area contributed by atoms with Crippen molar-refractivity contribution in [3.05, 3.63) is 30.1 Å². The van der Waals surface area contributed by atoms with Gasteiger partial charge in [-0.3, -0.25) is 9.69 Å². The minimum atomic E-state index is -0.293. The lowest BCUT2D eigenvalue weighted by Crippen LogP contribution is -2.45. The normalized spacial score (nSPS) is 19.2. The molecule has 1 saturated heterocycles. The van der Waals surface area contributed by atoms with Crippen molar-refractivity contribution in [3.8, 4) is 0 Å². The number of halogens is 2. The van der Waals surface area contributed by atoms with Gasteiger partial charge in [0.25, 0.3) is 0 Å². The Morgan fingerprint density at radius 3 is 2.39 bits per heavy atom. The number of rotatable bonds is 6. The number of amides is 1. The lowest BCUT2D eigenvalue weighted by atomic mass is 10.0. The zero-order chi connectivity index (χ0) is 15.4. The second-order valence-corrected chi connectivity index (χ2v) is 6.46. The first-order valence-electron chi connectivity index (χ1n) is 8.20. The highest BCUT2D eigenvalue weighted by Crippen LogP contribution is 2.28. The number of nitrogens with zero attached hydrogens (tertiary/aromatic N) is 1. The van der Waals surface area contributed by atoms with Crippen LogP contribution in [-0.4, -0.2) is 43.0 Å². The Hall–Kier alpha value is -1.17. The molecule has 1 aromatic carbocycles. The molecule has 2 fully saturated rings. The Morgan fingerprint density at radius 1 is 1.13 bits per heavy atom. The van der Waals surface area contributed by atoms with E-state index in [0.29, 0.717) is 18.3 Å². The third-order valence-corrected chi connectivity index (χ3v) is 4.47. The largest absolute Gasteiger partial charge is 0.325 e. The van der Waals surface area contributed by atoms with E-state index < -0.39 is 0 Å². The van der Waals surface area contributed by atoms with Gasteiger partial charge in [0.2, 0.25) is 5.91 Å². The molecule has 2 N–H and O–H groups in total. The molecule has 0 aromatic heterocycles. The van der Waals surface area contributed by atoms with Gasteiger partial charge in [0, 0.05) is 24.8 Å². The average Bonchev–Trinajstić information content (AvgIpc) is 3.33. The van der Waals surface area contributed by atoms with E-state index in [1.807, 2.05) is 0 Å². The van der Waals surface area contributed by atoms with Crippen LogP contribution < -0.4 is 10.6 Å². The van der Waals surface area contributed by atoms with Crippen LogP contribution in [0, 0.1) is 11.7 Å². The molecule has 1 saturated carbocycles. The van der Waals surface area contributed by atoms with Crippen LogP contribution in [0.2, 0.25) is 0 Å². The van der Waals surface area contributed by atoms with E-state index in [2.05, 4.69) is 15.5 Å². The molecule has 0 bridgehead atoms. The van der Waals surface area contributed by atoms with Crippen molar-refractivity contribution in [2.45, 2.75) is 31.7 Å². The molecular weight excluding hydrogens is 317 g/mol. The Kier molecular flexibility index (Phi) is 6.81. The highest BCUT2D eigenvalue weighted by Gasteiger charge is 2.24. The van der Waals surface area contributed by atoms with Gasteiger partial charge in [0.15, 0.2) is 0 Å². The maximum Gasteiger partial charge on any atom is 0.238 e. The summed E-state index contributed by atoms with van der Waals surface area (Å²) in [6.07, 6.45) is 4.98. The van der Waals surface area contributed by atoms with Crippen LogP contribution in [0.1, 0.15) is 25.7 Å². The van der Waals surface area contributed by atoms with Crippen LogP contribution in [0.25, 0.3) is 0 Å². The minimum Gasteiger partial charge on any atom is -0.325 e. The maximum atomic E-state index is 12.8. The fourth-order valence-electron chi connectivity index (χ4n) is 2.89. The van der Waals surface area contributed by atoms with Crippen molar-refractivity contribution in [2.24, 2.45) is 5.92 Å². The number of hydrogen-bond acceptors (Lipinski definition) is 3. The van der Waals surface area contributed by atoms with Crippen LogP contribution in [0.5, 0.6) is 0 Å². The number of likely N-dealkylation sites (tertiary alicyclic amines) is 1. The summed E-state index contributed by atoms with van der Waals surface area (Å²) in [5, 5.41) is 6.45. The molecule has 4 nitrogen and oxygen atoms in total.